The molecule has 0 bridgehead atoms. The third-order valence-electron chi connectivity index (χ3n) is 5.32. The van der Waals surface area contributed by atoms with E-state index in [4.69, 9.17) is 5.11 Å². The fourth-order valence-corrected chi connectivity index (χ4v) is 3.78. The Morgan fingerprint density at radius 1 is 0.968 bits per heavy atom. The molecule has 0 unspecified atom stereocenters. The Balaban J connectivity index is 1.85. The van der Waals surface area contributed by atoms with Gasteiger partial charge in [-0.1, -0.05) is 73.7 Å². The number of aromatic amines is 1. The Hall–Kier alpha value is -3.76. The first kappa shape index (κ1) is 20.5. The number of hydrogen-bond donors (Lipinski definition) is 2. The van der Waals surface area contributed by atoms with E-state index >= 15 is 0 Å². The zero-order valence-electron chi connectivity index (χ0n) is 17.4. The largest absolute Gasteiger partial charge is 0.388 e. The second-order valence-electron chi connectivity index (χ2n) is 7.32. The predicted molar refractivity (Wildman–Crippen MR) is 126 cm³/mol. The van der Waals surface area contributed by atoms with Crippen LogP contribution in [0.3, 0.4) is 0 Å². The summed E-state index contributed by atoms with van der Waals surface area (Å²) >= 11 is 0. The maximum absolute atomic E-state index is 11.4. The SMILES string of the molecule is CC/C(=C(/c1ccc(/C=C/C(=O)CO)cc1)c1ccc2[nH]ncc2c1)c1ccccc1. The minimum atomic E-state index is -0.477. The van der Waals surface area contributed by atoms with Crippen molar-refractivity contribution in [2.45, 2.75) is 13.3 Å². The van der Waals surface area contributed by atoms with Crippen molar-refractivity contribution < 1.29 is 9.90 Å². The lowest BCUT2D eigenvalue weighted by Gasteiger charge is -2.17. The van der Waals surface area contributed by atoms with E-state index in [1.54, 1.807) is 6.08 Å². The number of fused-ring (bicyclic) bond motifs is 1. The topological polar surface area (TPSA) is 66.0 Å². The lowest BCUT2D eigenvalue weighted by Crippen LogP contribution is -1.97. The molecule has 1 heterocycles. The molecule has 0 radical (unpaired) electrons. The third-order valence-corrected chi connectivity index (χ3v) is 5.32. The summed E-state index contributed by atoms with van der Waals surface area (Å²) in [5, 5.41) is 17.1. The zero-order valence-corrected chi connectivity index (χ0v) is 17.4. The number of H-pyrrole nitrogens is 1. The molecule has 0 amide bonds. The molecule has 0 atom stereocenters. The molecule has 4 rings (SSSR count). The van der Waals surface area contributed by atoms with Crippen LogP contribution in [0, 0.1) is 0 Å². The highest BCUT2D eigenvalue weighted by atomic mass is 16.3. The van der Waals surface area contributed by atoms with Gasteiger partial charge in [0, 0.05) is 5.39 Å². The van der Waals surface area contributed by atoms with E-state index in [1.807, 2.05) is 24.4 Å². The molecule has 4 aromatic rings. The van der Waals surface area contributed by atoms with Crippen LogP contribution in [-0.2, 0) is 4.79 Å². The molecule has 0 aliphatic heterocycles. The fourth-order valence-electron chi connectivity index (χ4n) is 3.78. The molecule has 31 heavy (non-hydrogen) atoms. The average Bonchev–Trinajstić information content (AvgIpc) is 3.30. The maximum atomic E-state index is 11.4. The molecule has 0 aliphatic rings. The highest BCUT2D eigenvalue weighted by molar-refractivity contribution is 6.00. The Kier molecular flexibility index (Phi) is 6.20. The number of allylic oxidation sites excluding steroid dienone is 1. The third kappa shape index (κ3) is 4.55. The Morgan fingerprint density at radius 2 is 1.71 bits per heavy atom. The quantitative estimate of drug-likeness (QED) is 0.313. The van der Waals surface area contributed by atoms with Gasteiger partial charge in [-0.15, -0.1) is 0 Å². The monoisotopic (exact) mass is 408 g/mol. The van der Waals surface area contributed by atoms with Crippen molar-refractivity contribution in [3.8, 4) is 0 Å². The van der Waals surface area contributed by atoms with Gasteiger partial charge in [-0.05, 0) is 58.0 Å². The van der Waals surface area contributed by atoms with Crippen molar-refractivity contribution in [3.05, 3.63) is 107 Å². The minimum absolute atomic E-state index is 0.310. The lowest BCUT2D eigenvalue weighted by atomic mass is 9.87. The standard InChI is InChI=1S/C27H24N2O2/c1-2-25(20-6-4-3-5-7-20)27(22-13-15-26-23(16-22)17-28-29-26)21-11-8-19(9-12-21)10-14-24(31)18-30/h3-17,30H,2,18H2,1H3,(H,28,29)/b14-10+,27-25+. The van der Waals surface area contributed by atoms with Crippen molar-refractivity contribution in [1.29, 1.82) is 0 Å². The van der Waals surface area contributed by atoms with E-state index in [2.05, 4.69) is 71.7 Å². The molecule has 154 valence electrons. The van der Waals surface area contributed by atoms with Gasteiger partial charge in [0.15, 0.2) is 5.78 Å². The van der Waals surface area contributed by atoms with Crippen molar-refractivity contribution in [2.75, 3.05) is 6.61 Å². The van der Waals surface area contributed by atoms with Gasteiger partial charge in [-0.3, -0.25) is 9.89 Å². The van der Waals surface area contributed by atoms with Gasteiger partial charge >= 0.3 is 0 Å². The zero-order chi connectivity index (χ0) is 21.6. The number of aliphatic hydroxyl groups is 1. The van der Waals surface area contributed by atoms with Gasteiger partial charge in [0.05, 0.1) is 11.7 Å². The molecule has 4 heteroatoms. The molecular weight excluding hydrogens is 384 g/mol. The first-order chi connectivity index (χ1) is 15.2. The van der Waals surface area contributed by atoms with Gasteiger partial charge in [-0.25, -0.2) is 0 Å². The fraction of sp³-hybridized carbons (Fsp3) is 0.111. The summed E-state index contributed by atoms with van der Waals surface area (Å²) < 4.78 is 0. The summed E-state index contributed by atoms with van der Waals surface area (Å²) in [6.45, 7) is 1.70. The number of benzene rings is 3. The molecule has 0 saturated heterocycles. The Morgan fingerprint density at radius 3 is 2.42 bits per heavy atom. The van der Waals surface area contributed by atoms with E-state index in [-0.39, 0.29) is 5.78 Å². The number of rotatable bonds is 7. The van der Waals surface area contributed by atoms with Crippen LogP contribution in [0.5, 0.6) is 0 Å². The highest BCUT2D eigenvalue weighted by Crippen LogP contribution is 2.35. The van der Waals surface area contributed by atoms with E-state index in [0.29, 0.717) is 0 Å². The van der Waals surface area contributed by atoms with Crippen LogP contribution in [0.2, 0.25) is 0 Å². The Labute approximate surface area is 181 Å². The lowest BCUT2D eigenvalue weighted by molar-refractivity contribution is -0.117. The summed E-state index contributed by atoms with van der Waals surface area (Å²) in [4.78, 5) is 11.4. The van der Waals surface area contributed by atoms with Gasteiger partial charge in [-0.2, -0.15) is 5.10 Å². The number of ketones is 1. The van der Waals surface area contributed by atoms with Gasteiger partial charge < -0.3 is 5.11 Å². The minimum Gasteiger partial charge on any atom is -0.388 e. The van der Waals surface area contributed by atoms with Crippen LogP contribution >= 0.6 is 0 Å². The molecule has 3 aromatic carbocycles. The van der Waals surface area contributed by atoms with Gasteiger partial charge in [0.2, 0.25) is 0 Å². The van der Waals surface area contributed by atoms with E-state index in [0.717, 1.165) is 34.0 Å². The number of hydrogen-bond acceptors (Lipinski definition) is 3. The van der Waals surface area contributed by atoms with Gasteiger partial charge in [0.25, 0.3) is 0 Å². The first-order valence-electron chi connectivity index (χ1n) is 10.3. The Bertz CT molecular complexity index is 1250. The molecule has 0 aliphatic carbocycles. The molecular formula is C27H24N2O2. The van der Waals surface area contributed by atoms with Crippen LogP contribution in [0.15, 0.2) is 85.1 Å². The summed E-state index contributed by atoms with van der Waals surface area (Å²) in [5.41, 5.74) is 7.80. The average molecular weight is 409 g/mol. The van der Waals surface area contributed by atoms with Crippen LogP contribution in [0.1, 0.15) is 35.6 Å². The maximum Gasteiger partial charge on any atom is 0.181 e. The summed E-state index contributed by atoms with van der Waals surface area (Å²) in [6, 6.07) is 24.9. The van der Waals surface area contributed by atoms with E-state index < -0.39 is 6.61 Å². The van der Waals surface area contributed by atoms with Crippen molar-refractivity contribution in [3.63, 3.8) is 0 Å². The molecule has 0 spiro atoms. The van der Waals surface area contributed by atoms with E-state index in [9.17, 15) is 4.79 Å². The second kappa shape index (κ2) is 9.37. The van der Waals surface area contributed by atoms with Crippen molar-refractivity contribution >= 4 is 33.9 Å². The number of nitrogens with one attached hydrogen (secondary N) is 1. The van der Waals surface area contributed by atoms with E-state index in [1.165, 1.54) is 22.8 Å². The van der Waals surface area contributed by atoms with Crippen LogP contribution < -0.4 is 0 Å². The molecule has 1 aromatic heterocycles. The molecule has 2 N–H and O–H groups in total. The first-order valence-corrected chi connectivity index (χ1v) is 10.3. The molecule has 0 saturated carbocycles. The smallest absolute Gasteiger partial charge is 0.181 e. The van der Waals surface area contributed by atoms with Crippen LogP contribution in [-0.4, -0.2) is 27.7 Å². The normalized spacial score (nSPS) is 12.3. The predicted octanol–water partition coefficient (Wildman–Crippen LogP) is 5.51. The second-order valence-corrected chi connectivity index (χ2v) is 7.32. The van der Waals surface area contributed by atoms with Crippen LogP contribution in [0.25, 0.3) is 28.1 Å². The number of carbonyl (C=O) groups excluding carboxylic acids is 1. The number of aromatic nitrogens is 2. The molecule has 0 fully saturated rings. The molecule has 4 nitrogen and oxygen atoms in total. The summed E-state index contributed by atoms with van der Waals surface area (Å²) in [6.07, 6.45) is 5.85. The summed E-state index contributed by atoms with van der Waals surface area (Å²) in [7, 11) is 0. The number of carbonyl (C=O) groups is 1. The van der Waals surface area contributed by atoms with Gasteiger partial charge in [0.1, 0.15) is 6.61 Å². The van der Waals surface area contributed by atoms with Crippen molar-refractivity contribution in [1.82, 2.24) is 10.2 Å². The highest BCUT2D eigenvalue weighted by Gasteiger charge is 2.14. The van der Waals surface area contributed by atoms with Crippen LogP contribution in [0.4, 0.5) is 0 Å². The van der Waals surface area contributed by atoms with Crippen molar-refractivity contribution in [2.24, 2.45) is 0 Å². The number of nitrogens with zero attached hydrogens (tertiary/aromatic N) is 1. The number of aliphatic hydroxyl groups excluding tert-OH is 1. The summed E-state index contributed by atoms with van der Waals surface area (Å²) in [5.74, 6) is -0.310.